The number of hydrogen-bond acceptors (Lipinski definition) is 3. The summed E-state index contributed by atoms with van der Waals surface area (Å²) in [6.07, 6.45) is 4.13. The van der Waals surface area contributed by atoms with Crippen molar-refractivity contribution in [3.63, 3.8) is 0 Å². The average Bonchev–Trinajstić information content (AvgIpc) is 3.22. The van der Waals surface area contributed by atoms with Crippen molar-refractivity contribution < 1.29 is 9.59 Å². The Balaban J connectivity index is 1.61. The molecule has 0 aromatic heterocycles. The Morgan fingerprint density at radius 2 is 1.89 bits per heavy atom. The molecule has 3 rings (SSSR count). The third kappa shape index (κ3) is 5.04. The Kier molecular flexibility index (Phi) is 6.40. The molecule has 6 heteroatoms. The molecule has 0 unspecified atom stereocenters. The lowest BCUT2D eigenvalue weighted by Crippen LogP contribution is -2.32. The van der Waals surface area contributed by atoms with Crippen molar-refractivity contribution in [2.24, 2.45) is 0 Å². The molecule has 0 bridgehead atoms. The molecule has 0 aliphatic carbocycles. The van der Waals surface area contributed by atoms with Gasteiger partial charge in [-0.2, -0.15) is 0 Å². The minimum atomic E-state index is -0.0881. The number of thioether (sulfide) groups is 1. The highest BCUT2D eigenvalue weighted by molar-refractivity contribution is 7.98. The van der Waals surface area contributed by atoms with Gasteiger partial charge in [-0.05, 0) is 61.4 Å². The predicted octanol–water partition coefficient (Wildman–Crippen LogP) is 4.27. The Bertz CT molecular complexity index is 832. The summed E-state index contributed by atoms with van der Waals surface area (Å²) in [5, 5.41) is 5.91. The molecule has 142 valence electrons. The maximum atomic E-state index is 12.5. The fourth-order valence-corrected chi connectivity index (χ4v) is 3.57. The molecule has 1 heterocycles. The van der Waals surface area contributed by atoms with Crippen LogP contribution in [-0.2, 0) is 6.54 Å². The fourth-order valence-electron chi connectivity index (χ4n) is 3.13. The second kappa shape index (κ2) is 8.95. The van der Waals surface area contributed by atoms with E-state index in [1.165, 1.54) is 0 Å². The minimum absolute atomic E-state index is 0.0572. The normalized spacial score (nSPS) is 13.5. The van der Waals surface area contributed by atoms with Crippen molar-refractivity contribution >= 4 is 29.4 Å². The number of rotatable bonds is 5. The van der Waals surface area contributed by atoms with E-state index in [1.807, 2.05) is 60.5 Å². The first-order valence-corrected chi connectivity index (χ1v) is 10.4. The first-order valence-electron chi connectivity index (χ1n) is 9.14. The van der Waals surface area contributed by atoms with Gasteiger partial charge in [-0.1, -0.05) is 18.2 Å². The zero-order valence-corrected chi connectivity index (χ0v) is 16.6. The minimum Gasteiger partial charge on any atom is -0.348 e. The zero-order valence-electron chi connectivity index (χ0n) is 15.7. The Hall–Kier alpha value is -2.47. The fraction of sp³-hybridized carbons (Fsp3) is 0.333. The molecule has 1 saturated heterocycles. The monoisotopic (exact) mass is 383 g/mol. The number of benzene rings is 2. The highest BCUT2D eigenvalue weighted by Crippen LogP contribution is 2.19. The summed E-state index contributed by atoms with van der Waals surface area (Å²) in [6.45, 7) is 3.98. The summed E-state index contributed by atoms with van der Waals surface area (Å²) in [7, 11) is 0. The lowest BCUT2D eigenvalue weighted by molar-refractivity contribution is 0.0950. The van der Waals surface area contributed by atoms with Gasteiger partial charge >= 0.3 is 6.03 Å². The summed E-state index contributed by atoms with van der Waals surface area (Å²) in [5.74, 6) is -0.0881. The van der Waals surface area contributed by atoms with Gasteiger partial charge in [0.15, 0.2) is 0 Å². The van der Waals surface area contributed by atoms with Gasteiger partial charge in [-0.3, -0.25) is 4.79 Å². The second-order valence-corrected chi connectivity index (χ2v) is 7.57. The molecule has 27 heavy (non-hydrogen) atoms. The molecule has 5 nitrogen and oxygen atoms in total. The van der Waals surface area contributed by atoms with E-state index in [0.29, 0.717) is 12.1 Å². The summed E-state index contributed by atoms with van der Waals surface area (Å²) in [4.78, 5) is 27.7. The highest BCUT2D eigenvalue weighted by atomic mass is 32.2. The number of aryl methyl sites for hydroxylation is 1. The second-order valence-electron chi connectivity index (χ2n) is 6.69. The van der Waals surface area contributed by atoms with E-state index in [1.54, 1.807) is 11.8 Å². The number of likely N-dealkylation sites (tertiary alicyclic amines) is 1. The maximum absolute atomic E-state index is 12.5. The number of carbonyl (C=O) groups excluding carboxylic acids is 2. The molecule has 1 fully saturated rings. The molecule has 2 aromatic rings. The van der Waals surface area contributed by atoms with Crippen LogP contribution in [0.3, 0.4) is 0 Å². The third-order valence-corrected chi connectivity index (χ3v) is 5.44. The summed E-state index contributed by atoms with van der Waals surface area (Å²) >= 11 is 1.62. The van der Waals surface area contributed by atoms with Crippen LogP contribution in [0.4, 0.5) is 10.5 Å². The third-order valence-electron chi connectivity index (χ3n) is 4.71. The Labute approximate surface area is 164 Å². The number of nitrogens with zero attached hydrogens (tertiary/aromatic N) is 1. The smallest absolute Gasteiger partial charge is 0.321 e. The van der Waals surface area contributed by atoms with E-state index in [0.717, 1.165) is 47.6 Å². The van der Waals surface area contributed by atoms with Gasteiger partial charge in [0.25, 0.3) is 5.91 Å². The topological polar surface area (TPSA) is 61.4 Å². The van der Waals surface area contributed by atoms with Crippen LogP contribution in [0.25, 0.3) is 0 Å². The van der Waals surface area contributed by atoms with Crippen LogP contribution in [0.2, 0.25) is 0 Å². The number of amides is 3. The molecule has 3 amide bonds. The average molecular weight is 384 g/mol. The van der Waals surface area contributed by atoms with Crippen LogP contribution >= 0.6 is 11.8 Å². The van der Waals surface area contributed by atoms with E-state index in [2.05, 4.69) is 10.6 Å². The van der Waals surface area contributed by atoms with E-state index in [-0.39, 0.29) is 11.9 Å². The van der Waals surface area contributed by atoms with Crippen molar-refractivity contribution in [1.82, 2.24) is 10.2 Å². The molecule has 0 spiro atoms. The molecule has 0 atom stereocenters. The lowest BCUT2D eigenvalue weighted by atomic mass is 10.1. The number of carbonyl (C=O) groups is 2. The maximum Gasteiger partial charge on any atom is 0.321 e. The SMILES string of the molecule is CSc1ccc(C)c(C(=O)NCc2cccc(NC(=O)N3CCCC3)c2)c1. The summed E-state index contributed by atoms with van der Waals surface area (Å²) in [5.41, 5.74) is 3.35. The van der Waals surface area contributed by atoms with Gasteiger partial charge in [-0.25, -0.2) is 4.79 Å². The van der Waals surface area contributed by atoms with Crippen molar-refractivity contribution in [1.29, 1.82) is 0 Å². The molecule has 1 aliphatic rings. The van der Waals surface area contributed by atoms with Gasteiger partial charge < -0.3 is 15.5 Å². The highest BCUT2D eigenvalue weighted by Gasteiger charge is 2.17. The summed E-state index contributed by atoms with van der Waals surface area (Å²) < 4.78 is 0. The number of nitrogens with one attached hydrogen (secondary N) is 2. The van der Waals surface area contributed by atoms with Gasteiger partial charge in [-0.15, -0.1) is 11.8 Å². The van der Waals surface area contributed by atoms with Crippen molar-refractivity contribution in [3.8, 4) is 0 Å². The standard InChI is InChI=1S/C21H25N3O2S/c1-15-8-9-18(27-2)13-19(15)20(25)22-14-16-6-5-7-17(12-16)23-21(26)24-10-3-4-11-24/h5-9,12-13H,3-4,10-11,14H2,1-2H3,(H,22,25)(H,23,26). The molecule has 2 aromatic carbocycles. The Morgan fingerprint density at radius 3 is 2.63 bits per heavy atom. The van der Waals surface area contributed by atoms with Crippen molar-refractivity contribution in [3.05, 3.63) is 59.2 Å². The molecular weight excluding hydrogens is 358 g/mol. The Morgan fingerprint density at radius 1 is 1.11 bits per heavy atom. The van der Waals surface area contributed by atoms with Crippen molar-refractivity contribution in [2.75, 3.05) is 24.7 Å². The van der Waals surface area contributed by atoms with Crippen LogP contribution in [0, 0.1) is 6.92 Å². The molecule has 2 N–H and O–H groups in total. The van der Waals surface area contributed by atoms with Crippen LogP contribution < -0.4 is 10.6 Å². The number of anilines is 1. The van der Waals surface area contributed by atoms with Crippen LogP contribution in [-0.4, -0.2) is 36.2 Å². The molecule has 0 radical (unpaired) electrons. The van der Waals surface area contributed by atoms with Crippen molar-refractivity contribution in [2.45, 2.75) is 31.2 Å². The number of hydrogen-bond donors (Lipinski definition) is 2. The largest absolute Gasteiger partial charge is 0.348 e. The summed E-state index contributed by atoms with van der Waals surface area (Å²) in [6, 6.07) is 13.4. The zero-order chi connectivity index (χ0) is 19.2. The van der Waals surface area contributed by atoms with Gasteiger partial charge in [0.1, 0.15) is 0 Å². The van der Waals surface area contributed by atoms with Crippen LogP contribution in [0.5, 0.6) is 0 Å². The van der Waals surface area contributed by atoms with Gasteiger partial charge in [0.2, 0.25) is 0 Å². The van der Waals surface area contributed by atoms with Crippen LogP contribution in [0.15, 0.2) is 47.4 Å². The first-order chi connectivity index (χ1) is 13.1. The van der Waals surface area contributed by atoms with E-state index in [9.17, 15) is 9.59 Å². The van der Waals surface area contributed by atoms with E-state index < -0.39 is 0 Å². The molecule has 1 aliphatic heterocycles. The quantitative estimate of drug-likeness (QED) is 0.758. The van der Waals surface area contributed by atoms with E-state index >= 15 is 0 Å². The van der Waals surface area contributed by atoms with Gasteiger partial charge in [0.05, 0.1) is 0 Å². The first kappa shape index (κ1) is 19.3. The predicted molar refractivity (Wildman–Crippen MR) is 110 cm³/mol. The van der Waals surface area contributed by atoms with E-state index in [4.69, 9.17) is 0 Å². The molecular formula is C21H25N3O2S. The molecule has 0 saturated carbocycles. The van der Waals surface area contributed by atoms with Crippen LogP contribution in [0.1, 0.15) is 34.3 Å². The van der Waals surface area contributed by atoms with Gasteiger partial charge in [0, 0.05) is 35.8 Å². The number of urea groups is 1. The lowest BCUT2D eigenvalue weighted by Gasteiger charge is -2.16.